The third kappa shape index (κ3) is 10.8. The lowest BCUT2D eigenvalue weighted by molar-refractivity contribution is 0.180. The van der Waals surface area contributed by atoms with Crippen LogP contribution in [0, 0.1) is 10.8 Å². The molecule has 0 aliphatic carbocycles. The van der Waals surface area contributed by atoms with Gasteiger partial charge in [0.15, 0.2) is 0 Å². The molecule has 2 heteroatoms. The van der Waals surface area contributed by atoms with Gasteiger partial charge in [-0.25, -0.2) is 0 Å². The first-order chi connectivity index (χ1) is 7.52. The van der Waals surface area contributed by atoms with Crippen molar-refractivity contribution in [2.45, 2.75) is 47.5 Å². The van der Waals surface area contributed by atoms with Gasteiger partial charge in [-0.15, -0.1) is 0 Å². The minimum atomic E-state index is 0.405. The van der Waals surface area contributed by atoms with Crippen LogP contribution in [-0.4, -0.2) is 50.6 Å². The SMILES string of the molecule is CN(C)CCC(C)(C)CCN(C)CC(C)(C)C. The van der Waals surface area contributed by atoms with Gasteiger partial charge in [-0.1, -0.05) is 34.6 Å². The Bertz CT molecular complexity index is 201. The standard InChI is InChI=1S/C15H34N2/c1-14(2,3)13-17(8)12-10-15(4,5)9-11-16(6)7/h9-13H2,1-8H3. The lowest BCUT2D eigenvalue weighted by atomic mass is 9.85. The molecule has 0 fully saturated rings. The van der Waals surface area contributed by atoms with E-state index in [4.69, 9.17) is 0 Å². The zero-order valence-corrected chi connectivity index (χ0v) is 13.4. The fourth-order valence-corrected chi connectivity index (χ4v) is 2.03. The van der Waals surface area contributed by atoms with E-state index in [1.54, 1.807) is 0 Å². The van der Waals surface area contributed by atoms with Crippen molar-refractivity contribution in [2.75, 3.05) is 40.8 Å². The molecule has 0 N–H and O–H groups in total. The third-order valence-corrected chi connectivity index (χ3v) is 3.15. The van der Waals surface area contributed by atoms with Crippen molar-refractivity contribution in [2.24, 2.45) is 10.8 Å². The number of hydrogen-bond acceptors (Lipinski definition) is 2. The second-order valence-corrected chi connectivity index (χ2v) is 7.77. The van der Waals surface area contributed by atoms with E-state index in [-0.39, 0.29) is 0 Å². The Kier molecular flexibility index (Phi) is 6.71. The zero-order chi connectivity index (χ0) is 13.7. The van der Waals surface area contributed by atoms with Crippen LogP contribution in [-0.2, 0) is 0 Å². The summed E-state index contributed by atoms with van der Waals surface area (Å²) in [5, 5.41) is 0. The largest absolute Gasteiger partial charge is 0.309 e. The smallest absolute Gasteiger partial charge is 0.00270 e. The molecule has 0 unspecified atom stereocenters. The maximum absolute atomic E-state index is 2.47. The molecule has 0 aliphatic heterocycles. The number of nitrogens with zero attached hydrogens (tertiary/aromatic N) is 2. The predicted octanol–water partition coefficient (Wildman–Crippen LogP) is 3.33. The van der Waals surface area contributed by atoms with Crippen molar-refractivity contribution < 1.29 is 0 Å². The summed E-state index contributed by atoms with van der Waals surface area (Å²) in [7, 11) is 6.55. The molecule has 0 bridgehead atoms. The highest BCUT2D eigenvalue weighted by Crippen LogP contribution is 2.25. The average molecular weight is 242 g/mol. The molecule has 0 radical (unpaired) electrons. The maximum atomic E-state index is 2.47. The maximum Gasteiger partial charge on any atom is 0.00270 e. The molecule has 0 rings (SSSR count). The second kappa shape index (κ2) is 6.75. The monoisotopic (exact) mass is 242 g/mol. The molecule has 2 nitrogen and oxygen atoms in total. The first-order valence-electron chi connectivity index (χ1n) is 6.85. The summed E-state index contributed by atoms with van der Waals surface area (Å²) in [4.78, 5) is 4.75. The van der Waals surface area contributed by atoms with Crippen LogP contribution in [0.4, 0.5) is 0 Å². The van der Waals surface area contributed by atoms with E-state index in [1.807, 2.05) is 0 Å². The molecule has 0 aliphatic rings. The molecular weight excluding hydrogens is 208 g/mol. The van der Waals surface area contributed by atoms with E-state index < -0.39 is 0 Å². The van der Waals surface area contributed by atoms with E-state index in [0.29, 0.717) is 10.8 Å². The van der Waals surface area contributed by atoms with Gasteiger partial charge in [-0.05, 0) is 57.9 Å². The summed E-state index contributed by atoms with van der Waals surface area (Å²) in [5.74, 6) is 0. The molecule has 0 aromatic heterocycles. The minimum absolute atomic E-state index is 0.405. The third-order valence-electron chi connectivity index (χ3n) is 3.15. The summed E-state index contributed by atoms with van der Waals surface area (Å²) in [6.45, 7) is 15.3. The van der Waals surface area contributed by atoms with Crippen molar-refractivity contribution in [3.8, 4) is 0 Å². The Balaban J connectivity index is 3.92. The van der Waals surface area contributed by atoms with Gasteiger partial charge in [0, 0.05) is 6.54 Å². The second-order valence-electron chi connectivity index (χ2n) is 7.77. The highest BCUT2D eigenvalue weighted by molar-refractivity contribution is 4.73. The van der Waals surface area contributed by atoms with Crippen LogP contribution in [0.1, 0.15) is 47.5 Å². The molecular formula is C15H34N2. The van der Waals surface area contributed by atoms with Gasteiger partial charge in [0.05, 0.1) is 0 Å². The first kappa shape index (κ1) is 16.9. The summed E-state index contributed by atoms with van der Waals surface area (Å²) in [6.07, 6.45) is 2.57. The van der Waals surface area contributed by atoms with Crippen molar-refractivity contribution in [3.05, 3.63) is 0 Å². The van der Waals surface area contributed by atoms with Gasteiger partial charge >= 0.3 is 0 Å². The zero-order valence-electron chi connectivity index (χ0n) is 13.4. The topological polar surface area (TPSA) is 6.48 Å². The fraction of sp³-hybridized carbons (Fsp3) is 1.00. The van der Waals surface area contributed by atoms with Crippen molar-refractivity contribution in [3.63, 3.8) is 0 Å². The van der Waals surface area contributed by atoms with E-state index in [2.05, 4.69) is 65.6 Å². The summed E-state index contributed by atoms with van der Waals surface area (Å²) in [5.41, 5.74) is 0.860. The molecule has 0 saturated heterocycles. The minimum Gasteiger partial charge on any atom is -0.309 e. The quantitative estimate of drug-likeness (QED) is 0.675. The van der Waals surface area contributed by atoms with Gasteiger partial charge in [-0.3, -0.25) is 0 Å². The summed E-state index contributed by atoms with van der Waals surface area (Å²) in [6, 6.07) is 0. The highest BCUT2D eigenvalue weighted by Gasteiger charge is 2.20. The summed E-state index contributed by atoms with van der Waals surface area (Å²) >= 11 is 0. The van der Waals surface area contributed by atoms with E-state index in [1.165, 1.54) is 32.5 Å². The van der Waals surface area contributed by atoms with E-state index in [9.17, 15) is 0 Å². The van der Waals surface area contributed by atoms with Gasteiger partial charge < -0.3 is 9.80 Å². The van der Waals surface area contributed by atoms with Crippen LogP contribution in [0.3, 0.4) is 0 Å². The van der Waals surface area contributed by atoms with Crippen molar-refractivity contribution in [1.29, 1.82) is 0 Å². The predicted molar refractivity (Wildman–Crippen MR) is 78.5 cm³/mol. The first-order valence-corrected chi connectivity index (χ1v) is 6.85. The molecule has 0 atom stereocenters. The molecule has 0 saturated carbocycles. The van der Waals surface area contributed by atoms with Crippen LogP contribution in [0.2, 0.25) is 0 Å². The molecule has 17 heavy (non-hydrogen) atoms. The van der Waals surface area contributed by atoms with Crippen LogP contribution in [0.25, 0.3) is 0 Å². The highest BCUT2D eigenvalue weighted by atomic mass is 15.1. The van der Waals surface area contributed by atoms with E-state index >= 15 is 0 Å². The Morgan fingerprint density at radius 1 is 0.765 bits per heavy atom. The Labute approximate surface area is 109 Å². The van der Waals surface area contributed by atoms with Crippen LogP contribution >= 0.6 is 0 Å². The van der Waals surface area contributed by atoms with Crippen LogP contribution in [0.5, 0.6) is 0 Å². The van der Waals surface area contributed by atoms with Gasteiger partial charge in [0.2, 0.25) is 0 Å². The molecule has 104 valence electrons. The van der Waals surface area contributed by atoms with Gasteiger partial charge in [-0.2, -0.15) is 0 Å². The van der Waals surface area contributed by atoms with Crippen LogP contribution in [0.15, 0.2) is 0 Å². The lowest BCUT2D eigenvalue weighted by Crippen LogP contribution is -2.33. The Morgan fingerprint density at radius 2 is 1.24 bits per heavy atom. The van der Waals surface area contributed by atoms with Crippen LogP contribution < -0.4 is 0 Å². The number of hydrogen-bond donors (Lipinski definition) is 0. The average Bonchev–Trinajstić information content (AvgIpc) is 2.09. The molecule has 0 amide bonds. The normalized spacial score (nSPS) is 13.8. The van der Waals surface area contributed by atoms with E-state index in [0.717, 1.165) is 0 Å². The molecule has 0 spiro atoms. The molecule has 0 aromatic rings. The van der Waals surface area contributed by atoms with Gasteiger partial charge in [0.1, 0.15) is 0 Å². The Hall–Kier alpha value is -0.0800. The molecule has 0 heterocycles. The fourth-order valence-electron chi connectivity index (χ4n) is 2.03. The van der Waals surface area contributed by atoms with Crippen molar-refractivity contribution >= 4 is 0 Å². The Morgan fingerprint density at radius 3 is 1.65 bits per heavy atom. The van der Waals surface area contributed by atoms with Gasteiger partial charge in [0.25, 0.3) is 0 Å². The summed E-state index contributed by atoms with van der Waals surface area (Å²) < 4.78 is 0. The van der Waals surface area contributed by atoms with Crippen molar-refractivity contribution in [1.82, 2.24) is 9.80 Å². The lowest BCUT2D eigenvalue weighted by Gasteiger charge is -2.31. The molecule has 0 aromatic carbocycles. The number of rotatable bonds is 7.